The number of hydrogen-bond donors (Lipinski definition) is 0. The fourth-order valence-electron chi connectivity index (χ4n) is 4.38. The second kappa shape index (κ2) is 9.01. The Morgan fingerprint density at radius 3 is 2.39 bits per heavy atom. The molecule has 31 heavy (non-hydrogen) atoms. The van der Waals surface area contributed by atoms with Gasteiger partial charge in [0.15, 0.2) is 0 Å². The van der Waals surface area contributed by atoms with Crippen LogP contribution < -0.4 is 0 Å². The molecule has 164 valence electrons. The van der Waals surface area contributed by atoms with Crippen LogP contribution in [0.15, 0.2) is 42.7 Å². The van der Waals surface area contributed by atoms with Gasteiger partial charge >= 0.3 is 0 Å². The number of benzene rings is 1. The number of rotatable bonds is 6. The first-order valence-electron chi connectivity index (χ1n) is 10.9. The number of carbonyl (C=O) groups excluding carboxylic acids is 1. The second-order valence-corrected chi connectivity index (χ2v) is 8.36. The molecule has 2 atom stereocenters. The van der Waals surface area contributed by atoms with Crippen molar-refractivity contribution in [1.82, 2.24) is 34.1 Å². The van der Waals surface area contributed by atoms with Crippen LogP contribution in [0.5, 0.6) is 0 Å². The molecule has 3 heterocycles. The van der Waals surface area contributed by atoms with Gasteiger partial charge in [0.2, 0.25) is 5.91 Å². The highest BCUT2D eigenvalue weighted by atomic mass is 16.2. The van der Waals surface area contributed by atoms with Crippen LogP contribution in [-0.2, 0) is 18.4 Å². The molecule has 8 nitrogen and oxygen atoms in total. The van der Waals surface area contributed by atoms with E-state index in [1.807, 2.05) is 55.9 Å². The Morgan fingerprint density at radius 1 is 1.10 bits per heavy atom. The molecule has 0 radical (unpaired) electrons. The van der Waals surface area contributed by atoms with Gasteiger partial charge in [0, 0.05) is 45.6 Å². The number of aromatic nitrogens is 5. The minimum atomic E-state index is -0.134. The Kier molecular flexibility index (Phi) is 6.18. The number of amides is 1. The minimum Gasteiger partial charge on any atom is -0.340 e. The molecular formula is C23H31N7O. The van der Waals surface area contributed by atoms with E-state index in [9.17, 15) is 4.79 Å². The highest BCUT2D eigenvalue weighted by Gasteiger charge is 2.31. The van der Waals surface area contributed by atoms with Crippen molar-refractivity contribution in [1.29, 1.82) is 0 Å². The summed E-state index contributed by atoms with van der Waals surface area (Å²) in [5, 5.41) is 4.40. The molecule has 0 N–H and O–H groups in total. The van der Waals surface area contributed by atoms with Crippen molar-refractivity contribution in [3.8, 4) is 0 Å². The predicted molar refractivity (Wildman–Crippen MR) is 118 cm³/mol. The summed E-state index contributed by atoms with van der Waals surface area (Å²) < 4.78 is 3.92. The summed E-state index contributed by atoms with van der Waals surface area (Å²) in [6, 6.07) is 10.6. The predicted octanol–water partition coefficient (Wildman–Crippen LogP) is 2.20. The van der Waals surface area contributed by atoms with Crippen molar-refractivity contribution in [2.24, 2.45) is 13.0 Å². The van der Waals surface area contributed by atoms with Crippen LogP contribution in [0.2, 0.25) is 0 Å². The first kappa shape index (κ1) is 21.2. The third kappa shape index (κ3) is 4.54. The SMILES string of the molecule is Cc1nc(C)n(CC(C)C(=O)N2CCN(C(c3ccccc3)c3nccn3C)CC2)n1. The van der Waals surface area contributed by atoms with E-state index in [1.165, 1.54) is 5.56 Å². The molecule has 0 spiro atoms. The van der Waals surface area contributed by atoms with Gasteiger partial charge < -0.3 is 9.47 Å². The number of carbonyl (C=O) groups is 1. The maximum atomic E-state index is 13.1. The summed E-state index contributed by atoms with van der Waals surface area (Å²) in [6.07, 6.45) is 3.83. The molecule has 1 amide bonds. The minimum absolute atomic E-state index is 0.0802. The lowest BCUT2D eigenvalue weighted by Crippen LogP contribution is -2.51. The Morgan fingerprint density at radius 2 is 1.81 bits per heavy atom. The molecule has 0 saturated carbocycles. The summed E-state index contributed by atoms with van der Waals surface area (Å²) in [5.41, 5.74) is 1.22. The average molecular weight is 422 g/mol. The van der Waals surface area contributed by atoms with Crippen molar-refractivity contribution in [3.63, 3.8) is 0 Å². The Labute approximate surface area is 183 Å². The van der Waals surface area contributed by atoms with Crippen LogP contribution >= 0.6 is 0 Å². The monoisotopic (exact) mass is 421 g/mol. The Bertz CT molecular complexity index is 1020. The van der Waals surface area contributed by atoms with Gasteiger partial charge in [-0.3, -0.25) is 9.69 Å². The Hall–Kier alpha value is -3.00. The van der Waals surface area contributed by atoms with Gasteiger partial charge in [-0.15, -0.1) is 0 Å². The van der Waals surface area contributed by atoms with E-state index in [4.69, 9.17) is 0 Å². The van der Waals surface area contributed by atoms with Gasteiger partial charge in [0.1, 0.15) is 17.5 Å². The van der Waals surface area contributed by atoms with Gasteiger partial charge in [0.25, 0.3) is 0 Å². The number of imidazole rings is 1. The van der Waals surface area contributed by atoms with Crippen molar-refractivity contribution in [3.05, 3.63) is 65.8 Å². The van der Waals surface area contributed by atoms with Gasteiger partial charge in [0.05, 0.1) is 18.5 Å². The van der Waals surface area contributed by atoms with Crippen LogP contribution in [0.1, 0.15) is 36.0 Å². The third-order valence-electron chi connectivity index (χ3n) is 6.04. The fourth-order valence-corrected chi connectivity index (χ4v) is 4.38. The van der Waals surface area contributed by atoms with E-state index in [1.54, 1.807) is 0 Å². The molecule has 1 fully saturated rings. The maximum Gasteiger partial charge on any atom is 0.227 e. The van der Waals surface area contributed by atoms with Gasteiger partial charge in [-0.1, -0.05) is 37.3 Å². The molecule has 8 heteroatoms. The molecule has 2 unspecified atom stereocenters. The van der Waals surface area contributed by atoms with E-state index in [2.05, 4.69) is 48.8 Å². The van der Waals surface area contributed by atoms with Gasteiger partial charge in [-0.05, 0) is 19.4 Å². The molecule has 3 aromatic rings. The van der Waals surface area contributed by atoms with Crippen LogP contribution in [0, 0.1) is 19.8 Å². The second-order valence-electron chi connectivity index (χ2n) is 8.36. The normalized spacial score (nSPS) is 17.0. The van der Waals surface area contributed by atoms with Gasteiger partial charge in [-0.25, -0.2) is 14.6 Å². The molecule has 1 aromatic carbocycles. The number of hydrogen-bond acceptors (Lipinski definition) is 5. The van der Waals surface area contributed by atoms with Crippen LogP contribution in [-0.4, -0.2) is 66.2 Å². The summed E-state index contributed by atoms with van der Waals surface area (Å²) in [5.74, 6) is 2.66. The lowest BCUT2D eigenvalue weighted by atomic mass is 10.0. The van der Waals surface area contributed by atoms with Crippen molar-refractivity contribution < 1.29 is 4.79 Å². The van der Waals surface area contributed by atoms with Crippen LogP contribution in [0.4, 0.5) is 0 Å². The lowest BCUT2D eigenvalue weighted by Gasteiger charge is -2.40. The molecule has 1 saturated heterocycles. The zero-order chi connectivity index (χ0) is 22.0. The zero-order valence-corrected chi connectivity index (χ0v) is 18.8. The molecule has 1 aliphatic heterocycles. The van der Waals surface area contributed by atoms with Crippen molar-refractivity contribution in [2.45, 2.75) is 33.4 Å². The zero-order valence-electron chi connectivity index (χ0n) is 18.8. The maximum absolute atomic E-state index is 13.1. The summed E-state index contributed by atoms with van der Waals surface area (Å²) in [6.45, 7) is 9.39. The Balaban J connectivity index is 1.43. The number of nitrogens with zero attached hydrogens (tertiary/aromatic N) is 7. The lowest BCUT2D eigenvalue weighted by molar-refractivity contribution is -0.137. The topological polar surface area (TPSA) is 72.1 Å². The largest absolute Gasteiger partial charge is 0.340 e. The highest BCUT2D eigenvalue weighted by molar-refractivity contribution is 5.78. The molecule has 1 aliphatic rings. The molecule has 0 aliphatic carbocycles. The van der Waals surface area contributed by atoms with Crippen molar-refractivity contribution >= 4 is 5.91 Å². The molecule has 0 bridgehead atoms. The van der Waals surface area contributed by atoms with Crippen LogP contribution in [0.3, 0.4) is 0 Å². The number of aryl methyl sites for hydroxylation is 3. The first-order valence-corrected chi connectivity index (χ1v) is 10.9. The highest BCUT2D eigenvalue weighted by Crippen LogP contribution is 2.28. The fraction of sp³-hybridized carbons (Fsp3) is 0.478. The third-order valence-corrected chi connectivity index (χ3v) is 6.04. The average Bonchev–Trinajstić information content (AvgIpc) is 3.33. The van der Waals surface area contributed by atoms with E-state index < -0.39 is 0 Å². The first-order chi connectivity index (χ1) is 14.9. The molecule has 2 aromatic heterocycles. The van der Waals surface area contributed by atoms with Crippen LogP contribution in [0.25, 0.3) is 0 Å². The molecule has 4 rings (SSSR count). The van der Waals surface area contributed by atoms with E-state index >= 15 is 0 Å². The smallest absolute Gasteiger partial charge is 0.227 e. The molecular weight excluding hydrogens is 390 g/mol. The summed E-state index contributed by atoms with van der Waals surface area (Å²) in [7, 11) is 2.04. The standard InChI is InChI=1S/C23H31N7O/c1-17(16-30-19(3)25-18(2)26-30)23(31)29-14-12-28(13-15-29)21(20-8-6-5-7-9-20)22-24-10-11-27(22)4/h5-11,17,21H,12-16H2,1-4H3. The van der Waals surface area contributed by atoms with E-state index in [0.29, 0.717) is 19.6 Å². The quantitative estimate of drug-likeness (QED) is 0.610. The van der Waals surface area contributed by atoms with E-state index in [0.717, 1.165) is 30.6 Å². The van der Waals surface area contributed by atoms with Gasteiger partial charge in [-0.2, -0.15) is 5.10 Å². The van der Waals surface area contributed by atoms with E-state index in [-0.39, 0.29) is 17.9 Å². The van der Waals surface area contributed by atoms with Crippen molar-refractivity contribution in [2.75, 3.05) is 26.2 Å². The summed E-state index contributed by atoms with van der Waals surface area (Å²) in [4.78, 5) is 26.5. The summed E-state index contributed by atoms with van der Waals surface area (Å²) >= 11 is 0. The number of piperazine rings is 1.